The van der Waals surface area contributed by atoms with Crippen molar-refractivity contribution in [2.24, 2.45) is 34.6 Å². The fourth-order valence-corrected chi connectivity index (χ4v) is 14.7. The standard InChI is InChI=1S/C24H23FN6O3.C23H20FN7O.C15H14FN5.C14H12FN5.C11H16O5/c1-24(23(33)34-2,12-14-9-10-14)19-22(32)27-20(29-28-19)18-16-7-5-11-26-21(16)31(30-18)13-15-6-3-4-8-17(15)25;1-23(11-13-8-9-13)18-20(27-22(23)32)26-19(29-28-18)17-15-6-4-10-25-21(15)31(30-17)12-14-5-2-3-7-16(14)24;16-12-6-2-1-4-10(12)9-21-15-11(5-3-7-19-15)14(20-21)13(18)8-17;15-11-6-2-1-4-9(11)8-20-14-10(5-3-7-18-14)12(19-20)13(16)17;1-11(10(14)16-3,6-7-4-5-7)8(12)9(13)15-2/h3-8,11,14H,9-10,12-13H2,1-2H3,(H,27,29,32);2-7,10,13H,8-9,11-12H2,1H3,(H,26,27,29,32);1-7,18H,8-9,17H2;1-7H,8H2,(H3,16,17);7H,4-6H2,1-3H3. The summed E-state index contributed by atoms with van der Waals surface area (Å²) < 4.78 is 76.2. The maximum atomic E-state index is 14.2. The van der Waals surface area contributed by atoms with Crippen molar-refractivity contribution in [2.45, 2.75) is 116 Å². The second-order valence-electron chi connectivity index (χ2n) is 30.9. The van der Waals surface area contributed by atoms with Gasteiger partial charge in [-0.1, -0.05) is 111 Å². The fourth-order valence-electron chi connectivity index (χ4n) is 14.7. The van der Waals surface area contributed by atoms with Crippen molar-refractivity contribution < 1.29 is 55.7 Å². The Morgan fingerprint density at radius 3 is 1.38 bits per heavy atom. The smallest absolute Gasteiger partial charge is 0.375 e. The molecule has 4 aromatic carbocycles. The number of amides is 1. The first kappa shape index (κ1) is 85.0. The number of aromatic amines is 1. The molecule has 123 heavy (non-hydrogen) atoms. The van der Waals surface area contributed by atoms with Crippen LogP contribution in [0.15, 0.2) is 175 Å². The number of esters is 3. The van der Waals surface area contributed by atoms with E-state index in [9.17, 15) is 46.3 Å². The van der Waals surface area contributed by atoms with Crippen LogP contribution in [-0.4, -0.2) is 158 Å². The number of ketones is 1. The van der Waals surface area contributed by atoms with E-state index in [1.165, 1.54) is 45.4 Å². The summed E-state index contributed by atoms with van der Waals surface area (Å²) in [6.45, 7) is 5.98. The van der Waals surface area contributed by atoms with E-state index in [2.05, 4.69) is 85.5 Å². The third-order valence-corrected chi connectivity index (χ3v) is 21.8. The van der Waals surface area contributed by atoms with Gasteiger partial charge in [0, 0.05) is 59.0 Å². The van der Waals surface area contributed by atoms with Crippen LogP contribution in [-0.2, 0) is 75.2 Å². The Bertz CT molecular complexity index is 6460. The van der Waals surface area contributed by atoms with Crippen LogP contribution in [0, 0.1) is 57.3 Å². The number of amidine groups is 1. The van der Waals surface area contributed by atoms with Crippen molar-refractivity contribution in [3.8, 4) is 23.0 Å². The maximum Gasteiger partial charge on any atom is 0.375 e. The predicted molar refractivity (Wildman–Crippen MR) is 444 cm³/mol. The number of pyridine rings is 4. The van der Waals surface area contributed by atoms with E-state index >= 15 is 0 Å². The van der Waals surface area contributed by atoms with Crippen molar-refractivity contribution in [3.63, 3.8) is 0 Å². The highest BCUT2D eigenvalue weighted by Crippen LogP contribution is 2.47. The lowest BCUT2D eigenvalue weighted by Gasteiger charge is -2.24. The van der Waals surface area contributed by atoms with Gasteiger partial charge in [0.15, 0.2) is 34.2 Å². The van der Waals surface area contributed by atoms with E-state index in [4.69, 9.17) is 27.0 Å². The van der Waals surface area contributed by atoms with Crippen LogP contribution in [0.1, 0.15) is 124 Å². The molecule has 3 fully saturated rings. The number of halogens is 4. The summed E-state index contributed by atoms with van der Waals surface area (Å²) >= 11 is 0. The zero-order chi connectivity index (χ0) is 87.0. The summed E-state index contributed by atoms with van der Waals surface area (Å²) in [5.74, 6) is -2.34. The summed E-state index contributed by atoms with van der Waals surface area (Å²) in [5.41, 5.74) is 14.1. The first-order valence-electron chi connectivity index (χ1n) is 39.4. The molecule has 1 aliphatic heterocycles. The molecule has 3 aliphatic carbocycles. The van der Waals surface area contributed by atoms with Gasteiger partial charge in [0.05, 0.1) is 74.8 Å². The maximum absolute atomic E-state index is 14.2. The van der Waals surface area contributed by atoms with Gasteiger partial charge in [-0.3, -0.25) is 29.4 Å². The lowest BCUT2D eigenvalue weighted by atomic mass is 9.80. The molecular weight excluding hydrogens is 1590 g/mol. The molecule has 18 rings (SSSR count). The third-order valence-electron chi connectivity index (χ3n) is 21.8. The fraction of sp³-hybridized carbons (Fsp3) is 0.299. The topological polar surface area (TPSA) is 445 Å². The van der Waals surface area contributed by atoms with Crippen molar-refractivity contribution in [1.82, 2.24) is 89.4 Å². The molecule has 36 heteroatoms. The summed E-state index contributed by atoms with van der Waals surface area (Å²) in [4.78, 5) is 97.7. The highest BCUT2D eigenvalue weighted by Gasteiger charge is 2.51. The minimum atomic E-state index is -1.40. The number of anilines is 1. The molecular formula is C87H85F4N23O9. The van der Waals surface area contributed by atoms with Crippen LogP contribution in [0.25, 0.3) is 67.2 Å². The van der Waals surface area contributed by atoms with Crippen LogP contribution in [0.5, 0.6) is 0 Å². The molecule has 4 aliphatic rings. The van der Waals surface area contributed by atoms with E-state index in [1.807, 2.05) is 19.1 Å². The van der Waals surface area contributed by atoms with Gasteiger partial charge in [-0.25, -0.2) is 66.0 Å². The zero-order valence-corrected chi connectivity index (χ0v) is 67.7. The second kappa shape index (κ2) is 36.2. The summed E-state index contributed by atoms with van der Waals surface area (Å²) in [6, 6.07) is 40.4. The first-order chi connectivity index (χ1) is 59.2. The Morgan fingerprint density at radius 1 is 0.520 bits per heavy atom. The van der Waals surface area contributed by atoms with E-state index < -0.39 is 45.5 Å². The molecule has 3 atom stereocenters. The molecule has 10 aromatic heterocycles. The Labute approximate surface area is 699 Å². The quantitative estimate of drug-likeness (QED) is 0.00622. The van der Waals surface area contributed by atoms with E-state index in [0.717, 1.165) is 62.8 Å². The SMILES string of the molecule is CC1(CC2CC2)C(=O)Nc2nc(-c3nn(Cc4ccccc4F)c4ncccc34)nnc21.COC(=O)C(=O)C(C)(CC1CC1)C(=O)OC.COC(=O)C(C)(CC1CC1)c1nnc(-c2nn(Cc3ccccc3F)c3ncccc23)[nH]c1=O.N=C(CN)c1nn(Cc2ccccc2F)c2ncccc12.N=C(N)c1nn(Cc2ccccc2F)c2ncccc12. The summed E-state index contributed by atoms with van der Waals surface area (Å²) in [6.07, 6.45) is 14.4. The molecule has 0 bridgehead atoms. The molecule has 0 radical (unpaired) electrons. The molecule has 0 spiro atoms. The number of aromatic nitrogens is 18. The number of nitrogens with one attached hydrogen (secondary N) is 4. The van der Waals surface area contributed by atoms with Crippen LogP contribution >= 0.6 is 0 Å². The molecule has 1 amide bonds. The van der Waals surface area contributed by atoms with E-state index in [-0.39, 0.29) is 85.0 Å². The molecule has 8 N–H and O–H groups in total. The van der Waals surface area contributed by atoms with Crippen LogP contribution < -0.4 is 22.3 Å². The summed E-state index contributed by atoms with van der Waals surface area (Å²) in [5, 5.41) is 56.1. The van der Waals surface area contributed by atoms with Crippen molar-refractivity contribution in [1.29, 1.82) is 10.8 Å². The number of Topliss-reactive ketones (excluding diaryl/α,β-unsaturated/α-hetero) is 1. The lowest BCUT2D eigenvalue weighted by molar-refractivity contribution is -0.166. The Kier molecular flexibility index (Phi) is 25.0. The van der Waals surface area contributed by atoms with Gasteiger partial charge < -0.3 is 41.4 Å². The highest BCUT2D eigenvalue weighted by molar-refractivity contribution is 6.39. The normalized spacial score (nSPS) is 15.4. The number of methoxy groups -OCH3 is 3. The Balaban J connectivity index is 0.000000129. The van der Waals surface area contributed by atoms with Gasteiger partial charge in [-0.05, 0) is 131 Å². The van der Waals surface area contributed by atoms with Crippen molar-refractivity contribution in [2.75, 3.05) is 33.2 Å². The molecule has 3 unspecified atom stereocenters. The minimum Gasteiger partial charge on any atom is -0.468 e. The van der Waals surface area contributed by atoms with Crippen LogP contribution in [0.4, 0.5) is 23.4 Å². The molecule has 32 nitrogen and oxygen atoms in total. The summed E-state index contributed by atoms with van der Waals surface area (Å²) in [7, 11) is 3.62. The molecule has 630 valence electrons. The largest absolute Gasteiger partial charge is 0.468 e. The number of nitrogens with two attached hydrogens (primary N) is 2. The number of nitrogen functional groups attached to an aromatic ring is 1. The lowest BCUT2D eigenvalue weighted by Crippen LogP contribution is -2.42. The van der Waals surface area contributed by atoms with Gasteiger partial charge in [-0.15, -0.1) is 20.4 Å². The average Bonchev–Trinajstić information content (AvgIpc) is 1.60. The predicted octanol–water partition coefficient (Wildman–Crippen LogP) is 11.0. The van der Waals surface area contributed by atoms with Gasteiger partial charge in [0.2, 0.25) is 11.7 Å². The monoisotopic (exact) mass is 1670 g/mol. The molecule has 3 saturated carbocycles. The molecule has 11 heterocycles. The Hall–Kier alpha value is -14.5. The number of carbonyl (C=O) groups is 5. The number of rotatable bonds is 24. The minimum absolute atomic E-state index is 0.0169. The van der Waals surface area contributed by atoms with Crippen molar-refractivity contribution >= 4 is 91.1 Å². The second-order valence-corrected chi connectivity index (χ2v) is 30.9. The number of ether oxygens (including phenoxy) is 3. The van der Waals surface area contributed by atoms with Crippen molar-refractivity contribution in [3.05, 3.63) is 249 Å². The number of nitrogens with zero attached hydrogens (tertiary/aromatic N) is 17. The highest BCUT2D eigenvalue weighted by atomic mass is 19.1. The van der Waals surface area contributed by atoms with Gasteiger partial charge in [-0.2, -0.15) is 20.4 Å². The molecule has 14 aromatic rings. The zero-order valence-electron chi connectivity index (χ0n) is 67.7. The van der Waals surface area contributed by atoms with Crippen LogP contribution in [0.2, 0.25) is 0 Å². The number of fused-ring (bicyclic) bond motifs is 5. The number of hydrogen-bond acceptors (Lipinski definition) is 25. The molecule has 0 saturated heterocycles. The van der Waals surface area contributed by atoms with E-state index in [1.54, 1.807) is 160 Å². The Morgan fingerprint density at radius 2 is 0.943 bits per heavy atom. The number of hydrogen-bond donors (Lipinski definition) is 6. The average molecular weight is 1670 g/mol. The number of H-pyrrole nitrogens is 1. The first-order valence-corrected chi connectivity index (χ1v) is 39.4. The van der Waals surface area contributed by atoms with Crippen LogP contribution in [0.3, 0.4) is 0 Å². The number of carbonyl (C=O) groups excluding carboxylic acids is 5. The van der Waals surface area contributed by atoms with Gasteiger partial charge in [0.1, 0.15) is 74.1 Å². The third kappa shape index (κ3) is 18.3. The van der Waals surface area contributed by atoms with Gasteiger partial charge in [0.25, 0.3) is 11.3 Å². The van der Waals surface area contributed by atoms with Gasteiger partial charge >= 0.3 is 17.9 Å². The number of benzene rings is 4. The van der Waals surface area contributed by atoms with E-state index in [0.29, 0.717) is 126 Å².